The van der Waals surface area contributed by atoms with Crippen molar-refractivity contribution in [2.24, 2.45) is 7.05 Å². The number of sulfonamides is 1. The van der Waals surface area contributed by atoms with E-state index in [-0.39, 0.29) is 25.3 Å². The van der Waals surface area contributed by atoms with Gasteiger partial charge in [-0.2, -0.15) is 14.7 Å². The Labute approximate surface area is 163 Å². The molecule has 28 heavy (non-hydrogen) atoms. The van der Waals surface area contributed by atoms with Gasteiger partial charge in [-0.25, -0.2) is 18.4 Å². The fourth-order valence-corrected chi connectivity index (χ4v) is 4.91. The van der Waals surface area contributed by atoms with Crippen LogP contribution in [0.25, 0.3) is 22.3 Å². The maximum absolute atomic E-state index is 12.1. The van der Waals surface area contributed by atoms with Crippen LogP contribution >= 0.6 is 0 Å². The highest BCUT2D eigenvalue weighted by molar-refractivity contribution is 7.89. The maximum atomic E-state index is 12.1. The van der Waals surface area contributed by atoms with Crippen molar-refractivity contribution in [2.75, 3.05) is 18.8 Å². The van der Waals surface area contributed by atoms with Crippen molar-refractivity contribution in [1.82, 2.24) is 28.6 Å². The Kier molecular flexibility index (Phi) is 4.24. The number of aryl methyl sites for hydroxylation is 2. The van der Waals surface area contributed by atoms with E-state index in [9.17, 15) is 13.7 Å². The van der Waals surface area contributed by atoms with Crippen LogP contribution in [0.5, 0.6) is 0 Å². The molecule has 4 heterocycles. The first kappa shape index (κ1) is 18.6. The summed E-state index contributed by atoms with van der Waals surface area (Å²) in [5.74, 6) is 0.0479. The number of fused-ring (bicyclic) bond motifs is 1. The Morgan fingerprint density at radius 1 is 1.32 bits per heavy atom. The van der Waals surface area contributed by atoms with Gasteiger partial charge in [0.25, 0.3) is 0 Å². The number of rotatable bonds is 5. The smallest absolute Gasteiger partial charge is 0.213 e. The van der Waals surface area contributed by atoms with Gasteiger partial charge in [0.1, 0.15) is 17.5 Å². The summed E-state index contributed by atoms with van der Waals surface area (Å²) in [7, 11) is -1.32. The number of hydrogen-bond donors (Lipinski definition) is 0. The van der Waals surface area contributed by atoms with Crippen LogP contribution in [0, 0.1) is 18.3 Å². The highest BCUT2D eigenvalue weighted by Gasteiger charge is 2.49. The van der Waals surface area contributed by atoms with E-state index in [0.717, 1.165) is 28.0 Å². The van der Waals surface area contributed by atoms with Crippen molar-refractivity contribution in [3.8, 4) is 17.3 Å². The van der Waals surface area contributed by atoms with Crippen LogP contribution in [0.1, 0.15) is 19.0 Å². The normalized spacial score (nSPS) is 16.8. The number of aromatic nitrogens is 5. The second-order valence-electron chi connectivity index (χ2n) is 7.21. The quantitative estimate of drug-likeness (QED) is 0.642. The highest BCUT2D eigenvalue weighted by atomic mass is 32.2. The molecule has 146 valence electrons. The lowest BCUT2D eigenvalue weighted by Crippen LogP contribution is -2.64. The van der Waals surface area contributed by atoms with Crippen LogP contribution in [0.3, 0.4) is 0 Å². The van der Waals surface area contributed by atoms with Crippen LogP contribution in [0.15, 0.2) is 24.8 Å². The van der Waals surface area contributed by atoms with Crippen LogP contribution in [0.2, 0.25) is 0 Å². The summed E-state index contributed by atoms with van der Waals surface area (Å²) < 4.78 is 29.3. The van der Waals surface area contributed by atoms with Gasteiger partial charge in [0.05, 0.1) is 30.1 Å². The molecule has 1 aliphatic heterocycles. The van der Waals surface area contributed by atoms with Gasteiger partial charge in [0.2, 0.25) is 10.0 Å². The lowest BCUT2D eigenvalue weighted by molar-refractivity contribution is 0.0719. The molecular formula is C18H21N7O2S. The average Bonchev–Trinajstić information content (AvgIpc) is 3.23. The van der Waals surface area contributed by atoms with Crippen molar-refractivity contribution in [1.29, 1.82) is 5.26 Å². The van der Waals surface area contributed by atoms with Gasteiger partial charge in [-0.15, -0.1) is 0 Å². The molecule has 10 heteroatoms. The van der Waals surface area contributed by atoms with Crippen LogP contribution in [-0.4, -0.2) is 55.9 Å². The number of hydrogen-bond acceptors (Lipinski definition) is 6. The number of nitriles is 1. The van der Waals surface area contributed by atoms with Gasteiger partial charge in [-0.3, -0.25) is 4.68 Å². The van der Waals surface area contributed by atoms with Gasteiger partial charge in [-0.1, -0.05) is 0 Å². The topological polar surface area (TPSA) is 110 Å². The first-order chi connectivity index (χ1) is 13.3. The fraction of sp³-hybridized carbons (Fsp3) is 0.444. The van der Waals surface area contributed by atoms with E-state index in [1.54, 1.807) is 17.8 Å². The Balaban J connectivity index is 1.72. The van der Waals surface area contributed by atoms with Crippen LogP contribution in [-0.2, 0) is 22.6 Å². The molecule has 9 nitrogen and oxygen atoms in total. The predicted molar refractivity (Wildman–Crippen MR) is 104 cm³/mol. The second-order valence-corrected chi connectivity index (χ2v) is 9.46. The maximum Gasteiger partial charge on any atom is 0.213 e. The SMILES string of the molecule is CCS(=O)(=O)N1CC(CC#N)(n2cc(-c3ncnc4c3cc(C)n4C)cn2)C1. The Morgan fingerprint density at radius 2 is 2.07 bits per heavy atom. The molecule has 0 aromatic carbocycles. The van der Waals surface area contributed by atoms with Crippen molar-refractivity contribution in [2.45, 2.75) is 25.8 Å². The zero-order chi connectivity index (χ0) is 20.1. The first-order valence-corrected chi connectivity index (χ1v) is 10.6. The second kappa shape index (κ2) is 6.39. The molecule has 3 aromatic heterocycles. The summed E-state index contributed by atoms with van der Waals surface area (Å²) in [5.41, 5.74) is 2.85. The Bertz CT molecular complexity index is 1200. The van der Waals surface area contributed by atoms with E-state index in [2.05, 4.69) is 21.1 Å². The largest absolute Gasteiger partial charge is 0.333 e. The summed E-state index contributed by atoms with van der Waals surface area (Å²) in [6.45, 7) is 4.13. The molecule has 1 fully saturated rings. The number of nitrogens with zero attached hydrogens (tertiary/aromatic N) is 7. The van der Waals surface area contributed by atoms with Crippen LogP contribution in [0.4, 0.5) is 0 Å². The summed E-state index contributed by atoms with van der Waals surface area (Å²) >= 11 is 0. The molecule has 0 atom stereocenters. The molecule has 0 saturated carbocycles. The molecular weight excluding hydrogens is 378 g/mol. The van der Waals surface area contributed by atoms with Crippen LogP contribution < -0.4 is 0 Å². The van der Waals surface area contributed by atoms with E-state index < -0.39 is 15.6 Å². The summed E-state index contributed by atoms with van der Waals surface area (Å²) in [4.78, 5) is 8.79. The standard InChI is InChI=1S/C18H21N7O2S/c1-4-28(26,27)24-10-18(11-24,5-6-19)25-9-14(8-22-25)16-15-7-13(2)23(3)17(15)21-12-20-16/h7-9,12H,4-5,10-11H2,1-3H3. The first-order valence-electron chi connectivity index (χ1n) is 8.98. The predicted octanol–water partition coefficient (Wildman–Crippen LogP) is 1.41. The Hall–Kier alpha value is -2.77. The molecule has 0 unspecified atom stereocenters. The van der Waals surface area contributed by atoms with Gasteiger partial charge in [0, 0.05) is 43.0 Å². The molecule has 0 radical (unpaired) electrons. The molecule has 0 bridgehead atoms. The van der Waals surface area contributed by atoms with Crippen molar-refractivity contribution < 1.29 is 8.42 Å². The van der Waals surface area contributed by atoms with E-state index in [1.165, 1.54) is 10.6 Å². The lowest BCUT2D eigenvalue weighted by Gasteiger charge is -2.47. The minimum Gasteiger partial charge on any atom is -0.333 e. The molecule has 0 amide bonds. The molecule has 1 saturated heterocycles. The molecule has 3 aromatic rings. The van der Waals surface area contributed by atoms with Gasteiger partial charge >= 0.3 is 0 Å². The molecule has 4 rings (SSSR count). The summed E-state index contributed by atoms with van der Waals surface area (Å²) in [6.07, 6.45) is 5.27. The Morgan fingerprint density at radius 3 is 2.75 bits per heavy atom. The van der Waals surface area contributed by atoms with Gasteiger partial charge in [0.15, 0.2) is 0 Å². The van der Waals surface area contributed by atoms with E-state index in [4.69, 9.17) is 0 Å². The van der Waals surface area contributed by atoms with Crippen molar-refractivity contribution in [3.05, 3.63) is 30.5 Å². The monoisotopic (exact) mass is 399 g/mol. The van der Waals surface area contributed by atoms with Gasteiger partial charge < -0.3 is 4.57 Å². The van der Waals surface area contributed by atoms with Crippen molar-refractivity contribution in [3.63, 3.8) is 0 Å². The molecule has 0 spiro atoms. The third-order valence-electron chi connectivity index (χ3n) is 5.51. The molecule has 0 N–H and O–H groups in total. The zero-order valence-electron chi connectivity index (χ0n) is 16.0. The third-order valence-corrected chi connectivity index (χ3v) is 7.29. The fourth-order valence-electron chi connectivity index (χ4n) is 3.67. The molecule has 1 aliphatic rings. The van der Waals surface area contributed by atoms with Gasteiger partial charge in [-0.05, 0) is 19.9 Å². The summed E-state index contributed by atoms with van der Waals surface area (Å²) in [6, 6.07) is 4.21. The lowest BCUT2D eigenvalue weighted by atomic mass is 9.89. The third kappa shape index (κ3) is 2.70. The van der Waals surface area contributed by atoms with Crippen molar-refractivity contribution >= 4 is 21.1 Å². The summed E-state index contributed by atoms with van der Waals surface area (Å²) in [5, 5.41) is 14.7. The van der Waals surface area contributed by atoms with E-state index in [0.29, 0.717) is 0 Å². The van der Waals surface area contributed by atoms with E-state index >= 15 is 0 Å². The minimum absolute atomic E-state index is 0.0479. The average molecular weight is 399 g/mol. The van der Waals surface area contributed by atoms with E-state index in [1.807, 2.05) is 30.8 Å². The highest BCUT2D eigenvalue weighted by Crippen LogP contribution is 2.36. The minimum atomic E-state index is -3.28. The zero-order valence-corrected chi connectivity index (χ0v) is 16.8. The molecule has 0 aliphatic carbocycles.